The average Bonchev–Trinajstić information content (AvgIpc) is 2.83. The Morgan fingerprint density at radius 1 is 0.971 bits per heavy atom. The summed E-state index contributed by atoms with van der Waals surface area (Å²) in [5.41, 5.74) is 6.00. The Morgan fingerprint density at radius 2 is 1.66 bits per heavy atom. The molecule has 1 saturated heterocycles. The topological polar surface area (TPSA) is 49.4 Å². The molecule has 1 heterocycles. The van der Waals surface area contributed by atoms with E-state index in [2.05, 4.69) is 38.2 Å². The van der Waals surface area contributed by atoms with Crippen molar-refractivity contribution in [1.82, 2.24) is 10.2 Å². The van der Waals surface area contributed by atoms with Crippen LogP contribution in [0.15, 0.2) is 72.0 Å². The molecular weight excluding hydrogens is 432 g/mol. The van der Waals surface area contributed by atoms with E-state index < -0.39 is 0 Å². The van der Waals surface area contributed by atoms with Gasteiger partial charge in [0.15, 0.2) is 0 Å². The van der Waals surface area contributed by atoms with Gasteiger partial charge in [-0.05, 0) is 73.3 Å². The summed E-state index contributed by atoms with van der Waals surface area (Å²) < 4.78 is 0. The van der Waals surface area contributed by atoms with Crippen LogP contribution >= 0.6 is 0 Å². The van der Waals surface area contributed by atoms with Crippen LogP contribution in [0.5, 0.6) is 0 Å². The molecule has 4 nitrogen and oxygen atoms in total. The van der Waals surface area contributed by atoms with Crippen LogP contribution in [0.4, 0.5) is 0 Å². The zero-order valence-corrected chi connectivity index (χ0v) is 21.7. The minimum Gasteiger partial charge on any atom is -0.331 e. The molecule has 0 bridgehead atoms. The second-order valence-corrected chi connectivity index (χ2v) is 11.0. The van der Waals surface area contributed by atoms with Gasteiger partial charge in [-0.2, -0.15) is 0 Å². The lowest BCUT2D eigenvalue weighted by atomic mass is 9.82. The van der Waals surface area contributed by atoms with Gasteiger partial charge in [0.25, 0.3) is 5.91 Å². The van der Waals surface area contributed by atoms with Crippen molar-refractivity contribution in [2.75, 3.05) is 6.54 Å². The highest BCUT2D eigenvalue weighted by molar-refractivity contribution is 5.98. The molecule has 1 N–H and O–H groups in total. The minimum atomic E-state index is -0.302. The zero-order chi connectivity index (χ0) is 25.2. The molecular formula is C31H38N2O2. The number of likely N-dealkylation sites (tertiary alicyclic amines) is 1. The molecule has 2 amide bonds. The fraction of sp³-hybridized carbons (Fsp3) is 0.419. The number of amides is 2. The summed E-state index contributed by atoms with van der Waals surface area (Å²) in [6, 6.07) is 15.7. The number of nitrogens with zero attached hydrogens (tertiary/aromatic N) is 1. The highest BCUT2D eigenvalue weighted by atomic mass is 16.2. The molecule has 1 aliphatic heterocycles. The van der Waals surface area contributed by atoms with Gasteiger partial charge in [0.05, 0.1) is 12.0 Å². The molecule has 2 atom stereocenters. The Balaban J connectivity index is 1.66. The first-order valence-electron chi connectivity index (χ1n) is 12.8. The van der Waals surface area contributed by atoms with E-state index >= 15 is 0 Å². The van der Waals surface area contributed by atoms with Crippen LogP contribution in [0.25, 0.3) is 0 Å². The lowest BCUT2D eigenvalue weighted by Gasteiger charge is -2.41. The lowest BCUT2D eigenvalue weighted by molar-refractivity contribution is -0.127. The first-order valence-corrected chi connectivity index (χ1v) is 12.8. The fourth-order valence-electron chi connectivity index (χ4n) is 5.43. The van der Waals surface area contributed by atoms with Crippen molar-refractivity contribution in [2.24, 2.45) is 11.3 Å². The zero-order valence-electron chi connectivity index (χ0n) is 21.7. The van der Waals surface area contributed by atoms with E-state index in [1.807, 2.05) is 67.3 Å². The van der Waals surface area contributed by atoms with Gasteiger partial charge in [-0.25, -0.2) is 0 Å². The molecule has 35 heavy (non-hydrogen) atoms. The van der Waals surface area contributed by atoms with E-state index in [1.54, 1.807) is 0 Å². The van der Waals surface area contributed by atoms with Crippen molar-refractivity contribution in [1.29, 1.82) is 0 Å². The molecule has 0 aromatic heterocycles. The second kappa shape index (κ2) is 10.2. The van der Waals surface area contributed by atoms with E-state index in [1.165, 1.54) is 5.57 Å². The predicted octanol–water partition coefficient (Wildman–Crippen LogP) is 6.66. The molecule has 1 aliphatic carbocycles. The van der Waals surface area contributed by atoms with Crippen molar-refractivity contribution >= 4 is 11.8 Å². The smallest absolute Gasteiger partial charge is 0.254 e. The summed E-state index contributed by atoms with van der Waals surface area (Å²) in [5, 5.41) is 3.26. The van der Waals surface area contributed by atoms with Crippen LogP contribution in [0, 0.1) is 25.2 Å². The SMILES string of the molecule is Cc1cccc(C)c1C(=O)N1CCCC(C(=O)NC2=CC(C(C)(C)C)=CCC2)C1c1ccccc1. The number of piperidine rings is 1. The Morgan fingerprint density at radius 3 is 2.31 bits per heavy atom. The van der Waals surface area contributed by atoms with Gasteiger partial charge in [0, 0.05) is 17.8 Å². The van der Waals surface area contributed by atoms with Gasteiger partial charge in [-0.15, -0.1) is 0 Å². The summed E-state index contributed by atoms with van der Waals surface area (Å²) in [6.07, 6.45) is 7.75. The number of benzene rings is 2. The Labute approximate surface area is 210 Å². The van der Waals surface area contributed by atoms with Crippen LogP contribution in [-0.4, -0.2) is 23.3 Å². The number of carbonyl (C=O) groups is 2. The number of hydrogen-bond acceptors (Lipinski definition) is 2. The molecule has 2 aliphatic rings. The van der Waals surface area contributed by atoms with Crippen LogP contribution in [-0.2, 0) is 4.79 Å². The molecule has 4 rings (SSSR count). The second-order valence-electron chi connectivity index (χ2n) is 11.0. The van der Waals surface area contributed by atoms with Crippen molar-refractivity contribution in [3.05, 3.63) is 94.2 Å². The summed E-state index contributed by atoms with van der Waals surface area (Å²) >= 11 is 0. The molecule has 2 unspecified atom stereocenters. The summed E-state index contributed by atoms with van der Waals surface area (Å²) in [7, 11) is 0. The van der Waals surface area contributed by atoms with Crippen LogP contribution < -0.4 is 5.32 Å². The van der Waals surface area contributed by atoms with Gasteiger partial charge in [-0.3, -0.25) is 9.59 Å². The average molecular weight is 471 g/mol. The molecule has 1 fully saturated rings. The molecule has 4 heteroatoms. The van der Waals surface area contributed by atoms with E-state index in [-0.39, 0.29) is 29.2 Å². The number of rotatable bonds is 4. The quantitative estimate of drug-likeness (QED) is 0.543. The van der Waals surface area contributed by atoms with Crippen molar-refractivity contribution in [3.8, 4) is 0 Å². The molecule has 0 spiro atoms. The first-order chi connectivity index (χ1) is 16.7. The largest absolute Gasteiger partial charge is 0.331 e. The summed E-state index contributed by atoms with van der Waals surface area (Å²) in [6.45, 7) is 11.2. The Bertz CT molecular complexity index is 1130. The molecule has 0 radical (unpaired) electrons. The summed E-state index contributed by atoms with van der Waals surface area (Å²) in [5.74, 6) is -0.273. The Hall–Kier alpha value is -3.14. The third-order valence-electron chi connectivity index (χ3n) is 7.32. The van der Waals surface area contributed by atoms with Gasteiger partial charge in [-0.1, -0.05) is 75.4 Å². The normalized spacial score (nSPS) is 20.7. The minimum absolute atomic E-state index is 0.0132. The Kier molecular flexibility index (Phi) is 7.30. The van der Waals surface area contributed by atoms with Gasteiger partial charge < -0.3 is 10.2 Å². The van der Waals surface area contributed by atoms with Crippen LogP contribution in [0.2, 0.25) is 0 Å². The van der Waals surface area contributed by atoms with Gasteiger partial charge >= 0.3 is 0 Å². The first kappa shape index (κ1) is 25.0. The van der Waals surface area contributed by atoms with E-state index in [0.29, 0.717) is 6.54 Å². The summed E-state index contributed by atoms with van der Waals surface area (Å²) in [4.78, 5) is 29.6. The molecule has 184 valence electrons. The number of carbonyl (C=O) groups excluding carboxylic acids is 2. The van der Waals surface area contributed by atoms with Crippen LogP contribution in [0.1, 0.15) is 79.5 Å². The maximum Gasteiger partial charge on any atom is 0.254 e. The maximum absolute atomic E-state index is 13.9. The molecule has 2 aromatic carbocycles. The van der Waals surface area contributed by atoms with Crippen molar-refractivity contribution in [3.63, 3.8) is 0 Å². The third kappa shape index (κ3) is 5.42. The third-order valence-corrected chi connectivity index (χ3v) is 7.32. The van der Waals surface area contributed by atoms with E-state index in [4.69, 9.17) is 0 Å². The number of hydrogen-bond donors (Lipinski definition) is 1. The number of nitrogens with one attached hydrogen (secondary N) is 1. The fourth-order valence-corrected chi connectivity index (χ4v) is 5.43. The number of allylic oxidation sites excluding steroid dienone is 4. The van der Waals surface area contributed by atoms with E-state index in [9.17, 15) is 9.59 Å². The highest BCUT2D eigenvalue weighted by Crippen LogP contribution is 2.38. The highest BCUT2D eigenvalue weighted by Gasteiger charge is 2.40. The molecule has 2 aromatic rings. The number of aryl methyl sites for hydroxylation is 2. The van der Waals surface area contributed by atoms with Gasteiger partial charge in [0.2, 0.25) is 5.91 Å². The maximum atomic E-state index is 13.9. The van der Waals surface area contributed by atoms with Crippen molar-refractivity contribution < 1.29 is 9.59 Å². The monoisotopic (exact) mass is 470 g/mol. The van der Waals surface area contributed by atoms with Crippen LogP contribution in [0.3, 0.4) is 0 Å². The lowest BCUT2D eigenvalue weighted by Crippen LogP contribution is -2.48. The van der Waals surface area contributed by atoms with E-state index in [0.717, 1.165) is 53.6 Å². The van der Waals surface area contributed by atoms with Crippen molar-refractivity contribution in [2.45, 2.75) is 66.3 Å². The standard InChI is InChI=1S/C31H38N2O2/c1-21-12-9-13-22(2)27(21)30(35)33-19-11-18-26(28(33)23-14-7-6-8-15-23)29(34)32-25-17-10-16-24(20-25)31(3,4)5/h6-9,12-16,20,26,28H,10-11,17-19H2,1-5H3,(H,32,34). The predicted molar refractivity (Wildman–Crippen MR) is 142 cm³/mol. The van der Waals surface area contributed by atoms with Gasteiger partial charge in [0.1, 0.15) is 0 Å². The molecule has 0 saturated carbocycles.